The normalized spacial score (nSPS) is 10.7. The molecule has 0 aliphatic carbocycles. The van der Waals surface area contributed by atoms with Crippen LogP contribution < -0.4 is 10.1 Å². The number of halogens is 2. The van der Waals surface area contributed by atoms with Gasteiger partial charge in [-0.15, -0.1) is 0 Å². The number of aromatic nitrogens is 1. The number of nitrogens with zero attached hydrogens (tertiary/aromatic N) is 1. The van der Waals surface area contributed by atoms with Crippen molar-refractivity contribution >= 4 is 55.8 Å². The summed E-state index contributed by atoms with van der Waals surface area (Å²) in [6, 6.07) is 19.7. The molecule has 0 spiro atoms. The first-order valence-corrected chi connectivity index (χ1v) is 9.57. The van der Waals surface area contributed by atoms with Crippen molar-refractivity contribution in [1.29, 1.82) is 0 Å². The SMILES string of the molecule is O=C(Nc1nc2c(Cl)ccc(Cl)c2s1)c1ccccc1Oc1ccccc1. The number of anilines is 1. The summed E-state index contributed by atoms with van der Waals surface area (Å²) in [5.41, 5.74) is 0.969. The lowest BCUT2D eigenvalue weighted by molar-refractivity contribution is 0.102. The molecule has 1 aromatic heterocycles. The van der Waals surface area contributed by atoms with E-state index in [1.54, 1.807) is 30.3 Å². The molecule has 7 heteroatoms. The molecular formula is C20H12Cl2N2O2S. The minimum atomic E-state index is -0.326. The first kappa shape index (κ1) is 17.8. The van der Waals surface area contributed by atoms with Crippen LogP contribution in [0.3, 0.4) is 0 Å². The number of ether oxygens (including phenoxy) is 1. The number of benzene rings is 3. The molecule has 0 aliphatic heterocycles. The van der Waals surface area contributed by atoms with E-state index in [1.165, 1.54) is 11.3 Å². The van der Waals surface area contributed by atoms with Gasteiger partial charge in [0.25, 0.3) is 5.91 Å². The Balaban J connectivity index is 1.62. The van der Waals surface area contributed by atoms with Gasteiger partial charge in [-0.1, -0.05) is 64.9 Å². The second-order valence-corrected chi connectivity index (χ2v) is 7.40. The molecule has 1 amide bonds. The van der Waals surface area contributed by atoms with Crippen LogP contribution in [0.2, 0.25) is 10.0 Å². The van der Waals surface area contributed by atoms with Gasteiger partial charge in [0, 0.05) is 0 Å². The molecule has 3 aromatic carbocycles. The van der Waals surface area contributed by atoms with E-state index in [2.05, 4.69) is 10.3 Å². The average Bonchev–Trinajstić information content (AvgIpc) is 3.11. The zero-order valence-electron chi connectivity index (χ0n) is 13.8. The Kier molecular flexibility index (Phi) is 4.99. The number of hydrogen-bond donors (Lipinski definition) is 1. The van der Waals surface area contributed by atoms with E-state index in [4.69, 9.17) is 27.9 Å². The number of para-hydroxylation sites is 2. The molecule has 27 heavy (non-hydrogen) atoms. The molecule has 0 radical (unpaired) electrons. The van der Waals surface area contributed by atoms with Gasteiger partial charge in [-0.05, 0) is 36.4 Å². The molecular weight excluding hydrogens is 403 g/mol. The predicted molar refractivity (Wildman–Crippen MR) is 111 cm³/mol. The monoisotopic (exact) mass is 414 g/mol. The van der Waals surface area contributed by atoms with Gasteiger partial charge >= 0.3 is 0 Å². The van der Waals surface area contributed by atoms with Crippen molar-refractivity contribution in [3.63, 3.8) is 0 Å². The number of carbonyl (C=O) groups is 1. The molecule has 0 unspecified atom stereocenters. The van der Waals surface area contributed by atoms with Crippen molar-refractivity contribution in [3.05, 3.63) is 82.3 Å². The van der Waals surface area contributed by atoms with Crippen LogP contribution in [0.1, 0.15) is 10.4 Å². The maximum absolute atomic E-state index is 12.8. The Morgan fingerprint density at radius 1 is 0.926 bits per heavy atom. The van der Waals surface area contributed by atoms with Crippen molar-refractivity contribution in [2.24, 2.45) is 0 Å². The predicted octanol–water partition coefficient (Wildman–Crippen LogP) is 6.65. The summed E-state index contributed by atoms with van der Waals surface area (Å²) in [4.78, 5) is 17.2. The van der Waals surface area contributed by atoms with Crippen molar-refractivity contribution in [1.82, 2.24) is 4.98 Å². The molecule has 0 bridgehead atoms. The van der Waals surface area contributed by atoms with Crippen LogP contribution in [-0.2, 0) is 0 Å². The molecule has 0 aliphatic rings. The van der Waals surface area contributed by atoms with E-state index < -0.39 is 0 Å². The minimum Gasteiger partial charge on any atom is -0.457 e. The standard InChI is InChI=1S/C20H12Cl2N2O2S/c21-14-10-11-15(22)18-17(14)23-20(27-18)24-19(25)13-8-4-5-9-16(13)26-12-6-2-1-3-7-12/h1-11H,(H,23,24,25). The van der Waals surface area contributed by atoms with Crippen LogP contribution in [0.15, 0.2) is 66.7 Å². The van der Waals surface area contributed by atoms with Gasteiger partial charge < -0.3 is 4.74 Å². The topological polar surface area (TPSA) is 51.2 Å². The van der Waals surface area contributed by atoms with Crippen molar-refractivity contribution < 1.29 is 9.53 Å². The van der Waals surface area contributed by atoms with Gasteiger partial charge in [0.1, 0.15) is 17.0 Å². The number of carbonyl (C=O) groups excluding carboxylic acids is 1. The van der Waals surface area contributed by atoms with Gasteiger partial charge in [0.05, 0.1) is 20.3 Å². The minimum absolute atomic E-state index is 0.326. The highest BCUT2D eigenvalue weighted by atomic mass is 35.5. The fourth-order valence-corrected chi connectivity index (χ4v) is 3.94. The Bertz CT molecular complexity index is 1090. The summed E-state index contributed by atoms with van der Waals surface area (Å²) >= 11 is 13.6. The number of hydrogen-bond acceptors (Lipinski definition) is 4. The van der Waals surface area contributed by atoms with Crippen LogP contribution in [0.4, 0.5) is 5.13 Å². The van der Waals surface area contributed by atoms with Crippen LogP contribution in [0, 0.1) is 0 Å². The number of nitrogens with one attached hydrogen (secondary N) is 1. The van der Waals surface area contributed by atoms with E-state index in [-0.39, 0.29) is 5.91 Å². The van der Waals surface area contributed by atoms with Crippen molar-refractivity contribution in [3.8, 4) is 11.5 Å². The summed E-state index contributed by atoms with van der Waals surface area (Å²) in [5, 5.41) is 4.24. The number of thiazole rings is 1. The van der Waals surface area contributed by atoms with Crippen LogP contribution in [-0.4, -0.2) is 10.9 Å². The fourth-order valence-electron chi connectivity index (χ4n) is 2.52. The van der Waals surface area contributed by atoms with E-state index in [0.29, 0.717) is 37.8 Å². The third-order valence-corrected chi connectivity index (χ3v) is 5.51. The summed E-state index contributed by atoms with van der Waals surface area (Å²) in [6.45, 7) is 0. The number of amides is 1. The number of fused-ring (bicyclic) bond motifs is 1. The largest absolute Gasteiger partial charge is 0.457 e. The van der Waals surface area contributed by atoms with Gasteiger partial charge in [-0.25, -0.2) is 4.98 Å². The van der Waals surface area contributed by atoms with Crippen LogP contribution in [0.25, 0.3) is 10.2 Å². The van der Waals surface area contributed by atoms with Crippen LogP contribution in [0.5, 0.6) is 11.5 Å². The maximum Gasteiger partial charge on any atom is 0.261 e. The van der Waals surface area contributed by atoms with Crippen molar-refractivity contribution in [2.75, 3.05) is 5.32 Å². The molecule has 0 atom stereocenters. The third kappa shape index (κ3) is 3.76. The maximum atomic E-state index is 12.8. The lowest BCUT2D eigenvalue weighted by Gasteiger charge is -2.10. The van der Waals surface area contributed by atoms with Gasteiger partial charge in [0.2, 0.25) is 0 Å². The first-order chi connectivity index (χ1) is 13.1. The summed E-state index contributed by atoms with van der Waals surface area (Å²) in [7, 11) is 0. The smallest absolute Gasteiger partial charge is 0.261 e. The molecule has 1 heterocycles. The Labute approximate surface area is 169 Å². The van der Waals surface area contributed by atoms with E-state index in [1.807, 2.05) is 36.4 Å². The van der Waals surface area contributed by atoms with Crippen LogP contribution >= 0.6 is 34.5 Å². The van der Waals surface area contributed by atoms with E-state index >= 15 is 0 Å². The molecule has 134 valence electrons. The third-order valence-electron chi connectivity index (χ3n) is 3.77. The van der Waals surface area contributed by atoms with Crippen molar-refractivity contribution in [2.45, 2.75) is 0 Å². The highest BCUT2D eigenvalue weighted by Gasteiger charge is 2.16. The summed E-state index contributed by atoms with van der Waals surface area (Å²) in [6.07, 6.45) is 0. The Morgan fingerprint density at radius 2 is 1.63 bits per heavy atom. The van der Waals surface area contributed by atoms with Gasteiger partial charge in [0.15, 0.2) is 5.13 Å². The molecule has 0 fully saturated rings. The second kappa shape index (κ2) is 7.56. The Hall–Kier alpha value is -2.60. The lowest BCUT2D eigenvalue weighted by Crippen LogP contribution is -2.12. The highest BCUT2D eigenvalue weighted by molar-refractivity contribution is 7.23. The molecule has 0 saturated heterocycles. The zero-order valence-corrected chi connectivity index (χ0v) is 16.1. The fraction of sp³-hybridized carbons (Fsp3) is 0. The quantitative estimate of drug-likeness (QED) is 0.406. The average molecular weight is 415 g/mol. The van der Waals surface area contributed by atoms with E-state index in [0.717, 1.165) is 4.70 Å². The van der Waals surface area contributed by atoms with Gasteiger partial charge in [-0.2, -0.15) is 0 Å². The number of rotatable bonds is 4. The second-order valence-electron chi connectivity index (χ2n) is 5.59. The highest BCUT2D eigenvalue weighted by Crippen LogP contribution is 2.36. The van der Waals surface area contributed by atoms with Gasteiger partial charge in [-0.3, -0.25) is 10.1 Å². The first-order valence-electron chi connectivity index (χ1n) is 7.99. The molecule has 4 rings (SSSR count). The summed E-state index contributed by atoms with van der Waals surface area (Å²) in [5.74, 6) is 0.780. The molecule has 1 N–H and O–H groups in total. The Morgan fingerprint density at radius 3 is 2.41 bits per heavy atom. The molecule has 0 saturated carbocycles. The molecule has 4 nitrogen and oxygen atoms in total. The zero-order chi connectivity index (χ0) is 18.8. The van der Waals surface area contributed by atoms with E-state index in [9.17, 15) is 4.79 Å². The summed E-state index contributed by atoms with van der Waals surface area (Å²) < 4.78 is 6.58. The lowest BCUT2D eigenvalue weighted by atomic mass is 10.2. The molecule has 4 aromatic rings.